The molecule has 1 aromatic rings. The molecule has 0 bridgehead atoms. The number of rotatable bonds is 2. The van der Waals surface area contributed by atoms with Crippen molar-refractivity contribution in [3.8, 4) is 5.75 Å². The van der Waals surface area contributed by atoms with Crippen LogP contribution < -0.4 is 10.1 Å². The van der Waals surface area contributed by atoms with Gasteiger partial charge < -0.3 is 10.1 Å². The van der Waals surface area contributed by atoms with Crippen molar-refractivity contribution in [2.45, 2.75) is 12.3 Å². The molecule has 1 aliphatic rings. The number of carbonyl (C=O) groups excluding carboxylic acids is 1. The van der Waals surface area contributed by atoms with Gasteiger partial charge in [-0.3, -0.25) is 4.79 Å². The van der Waals surface area contributed by atoms with Gasteiger partial charge in [-0.05, 0) is 23.8 Å². The maximum absolute atomic E-state index is 11.1. The topological polar surface area (TPSA) is 38.3 Å². The maximum atomic E-state index is 11.1. The fourth-order valence-electron chi connectivity index (χ4n) is 1.79. The maximum Gasteiger partial charge on any atom is 0.220 e. The lowest BCUT2D eigenvalue weighted by atomic mass is 9.98. The molecule has 1 N–H and O–H groups in total. The van der Waals surface area contributed by atoms with E-state index in [0.29, 0.717) is 13.0 Å². The molecular weight excluding hydrogens is 258 g/mol. The van der Waals surface area contributed by atoms with Gasteiger partial charge in [0.05, 0.1) is 7.11 Å². The van der Waals surface area contributed by atoms with Gasteiger partial charge in [0.25, 0.3) is 0 Å². The van der Waals surface area contributed by atoms with Crippen LogP contribution in [0.3, 0.4) is 0 Å². The first-order chi connectivity index (χ1) is 7.20. The molecule has 1 aromatic carbocycles. The van der Waals surface area contributed by atoms with E-state index in [1.165, 1.54) is 0 Å². The summed E-state index contributed by atoms with van der Waals surface area (Å²) in [6.07, 6.45) is 0.561. The molecule has 15 heavy (non-hydrogen) atoms. The number of benzene rings is 1. The zero-order chi connectivity index (χ0) is 10.8. The minimum absolute atomic E-state index is 0.120. The Balaban J connectivity index is 2.30. The van der Waals surface area contributed by atoms with Crippen molar-refractivity contribution >= 4 is 21.8 Å². The van der Waals surface area contributed by atoms with Crippen LogP contribution in [0.4, 0.5) is 0 Å². The second-order valence-corrected chi connectivity index (χ2v) is 4.45. The summed E-state index contributed by atoms with van der Waals surface area (Å²) in [5, 5.41) is 2.83. The molecule has 0 radical (unpaired) electrons. The summed E-state index contributed by atoms with van der Waals surface area (Å²) >= 11 is 3.49. The van der Waals surface area contributed by atoms with E-state index < -0.39 is 0 Å². The van der Waals surface area contributed by atoms with Crippen LogP contribution in [-0.4, -0.2) is 19.6 Å². The molecule has 1 saturated heterocycles. The number of amides is 1. The lowest BCUT2D eigenvalue weighted by Crippen LogP contribution is -2.13. The largest absolute Gasteiger partial charge is 0.497 e. The van der Waals surface area contributed by atoms with Crippen LogP contribution in [0.15, 0.2) is 22.7 Å². The predicted octanol–water partition coefficient (Wildman–Crippen LogP) is 2.06. The first kappa shape index (κ1) is 10.5. The number of halogens is 1. The summed E-state index contributed by atoms with van der Waals surface area (Å²) in [7, 11) is 1.64. The normalized spacial score (nSPS) is 20.1. The van der Waals surface area contributed by atoms with Gasteiger partial charge in [-0.25, -0.2) is 0 Å². The summed E-state index contributed by atoms with van der Waals surface area (Å²) in [5.41, 5.74) is 1.13. The zero-order valence-electron chi connectivity index (χ0n) is 8.42. The van der Waals surface area contributed by atoms with E-state index in [2.05, 4.69) is 21.2 Å². The molecular formula is C11H12BrNO2. The molecule has 0 aliphatic carbocycles. The lowest BCUT2D eigenvalue weighted by Gasteiger charge is -2.11. The van der Waals surface area contributed by atoms with Crippen LogP contribution >= 0.6 is 15.9 Å². The van der Waals surface area contributed by atoms with Crippen LogP contribution in [-0.2, 0) is 4.79 Å². The third-order valence-electron chi connectivity index (χ3n) is 2.62. The molecule has 1 amide bonds. The van der Waals surface area contributed by atoms with Crippen LogP contribution in [0, 0.1) is 0 Å². The van der Waals surface area contributed by atoms with Gasteiger partial charge in [0.15, 0.2) is 0 Å². The predicted molar refractivity (Wildman–Crippen MR) is 61.1 cm³/mol. The molecule has 1 atom stereocenters. The van der Waals surface area contributed by atoms with Gasteiger partial charge in [0, 0.05) is 23.4 Å². The highest BCUT2D eigenvalue weighted by Gasteiger charge is 2.24. The third kappa shape index (κ3) is 2.15. The summed E-state index contributed by atoms with van der Waals surface area (Å²) in [6.45, 7) is 0.713. The second kappa shape index (κ2) is 4.23. The summed E-state index contributed by atoms with van der Waals surface area (Å²) in [5.74, 6) is 1.20. The number of methoxy groups -OCH3 is 1. The van der Waals surface area contributed by atoms with Gasteiger partial charge in [-0.15, -0.1) is 0 Å². The molecule has 80 valence electrons. The van der Waals surface area contributed by atoms with E-state index in [1.54, 1.807) is 7.11 Å². The summed E-state index contributed by atoms with van der Waals surface area (Å²) < 4.78 is 6.20. The van der Waals surface area contributed by atoms with E-state index in [1.807, 2.05) is 18.2 Å². The quantitative estimate of drug-likeness (QED) is 0.893. The van der Waals surface area contributed by atoms with Crippen molar-refractivity contribution in [2.75, 3.05) is 13.7 Å². The first-order valence-corrected chi connectivity index (χ1v) is 5.60. The smallest absolute Gasteiger partial charge is 0.220 e. The SMILES string of the molecule is COc1ccc(Br)c(C2CNC(=O)C2)c1. The average Bonchev–Trinajstić information content (AvgIpc) is 2.65. The van der Waals surface area contributed by atoms with Crippen molar-refractivity contribution in [3.63, 3.8) is 0 Å². The average molecular weight is 270 g/mol. The number of hydrogen-bond acceptors (Lipinski definition) is 2. The zero-order valence-corrected chi connectivity index (χ0v) is 10.0. The second-order valence-electron chi connectivity index (χ2n) is 3.59. The number of carbonyl (C=O) groups is 1. The van der Waals surface area contributed by atoms with Crippen LogP contribution in [0.1, 0.15) is 17.9 Å². The monoisotopic (exact) mass is 269 g/mol. The van der Waals surface area contributed by atoms with E-state index in [4.69, 9.17) is 4.74 Å². The highest BCUT2D eigenvalue weighted by atomic mass is 79.9. The van der Waals surface area contributed by atoms with E-state index in [9.17, 15) is 4.79 Å². The molecule has 1 fully saturated rings. The fourth-order valence-corrected chi connectivity index (χ4v) is 2.36. The van der Waals surface area contributed by atoms with Crippen molar-refractivity contribution in [2.24, 2.45) is 0 Å². The molecule has 0 saturated carbocycles. The number of hydrogen-bond donors (Lipinski definition) is 1. The van der Waals surface area contributed by atoms with E-state index in [-0.39, 0.29) is 11.8 Å². The van der Waals surface area contributed by atoms with Crippen molar-refractivity contribution in [3.05, 3.63) is 28.2 Å². The Morgan fingerprint density at radius 2 is 2.33 bits per heavy atom. The standard InChI is InChI=1S/C11H12BrNO2/c1-15-8-2-3-10(12)9(5-8)7-4-11(14)13-6-7/h2-3,5,7H,4,6H2,1H3,(H,13,14). The Bertz CT molecular complexity index is 392. The Morgan fingerprint density at radius 1 is 1.53 bits per heavy atom. The summed E-state index contributed by atoms with van der Waals surface area (Å²) in [4.78, 5) is 11.1. The Kier molecular flexibility index (Phi) is 2.95. The first-order valence-electron chi connectivity index (χ1n) is 4.81. The molecule has 3 nitrogen and oxygen atoms in total. The van der Waals surface area contributed by atoms with Crippen molar-refractivity contribution < 1.29 is 9.53 Å². The van der Waals surface area contributed by atoms with E-state index in [0.717, 1.165) is 15.8 Å². The Morgan fingerprint density at radius 3 is 2.93 bits per heavy atom. The van der Waals surface area contributed by atoms with Gasteiger partial charge >= 0.3 is 0 Å². The molecule has 1 heterocycles. The van der Waals surface area contributed by atoms with Gasteiger partial charge in [0.1, 0.15) is 5.75 Å². The molecule has 0 spiro atoms. The lowest BCUT2D eigenvalue weighted by molar-refractivity contribution is -0.119. The third-order valence-corrected chi connectivity index (χ3v) is 3.34. The van der Waals surface area contributed by atoms with E-state index >= 15 is 0 Å². The highest BCUT2D eigenvalue weighted by molar-refractivity contribution is 9.10. The van der Waals surface area contributed by atoms with Crippen molar-refractivity contribution in [1.29, 1.82) is 0 Å². The Labute approximate surface area is 96.9 Å². The van der Waals surface area contributed by atoms with Crippen LogP contribution in [0.5, 0.6) is 5.75 Å². The minimum Gasteiger partial charge on any atom is -0.497 e. The highest BCUT2D eigenvalue weighted by Crippen LogP contribution is 2.32. The van der Waals surface area contributed by atoms with Crippen LogP contribution in [0.25, 0.3) is 0 Å². The van der Waals surface area contributed by atoms with Crippen LogP contribution in [0.2, 0.25) is 0 Å². The summed E-state index contributed by atoms with van der Waals surface area (Å²) in [6, 6.07) is 5.84. The number of ether oxygens (including phenoxy) is 1. The minimum atomic E-state index is 0.120. The van der Waals surface area contributed by atoms with Gasteiger partial charge in [0.2, 0.25) is 5.91 Å². The van der Waals surface area contributed by atoms with Crippen molar-refractivity contribution in [1.82, 2.24) is 5.32 Å². The van der Waals surface area contributed by atoms with Gasteiger partial charge in [-0.2, -0.15) is 0 Å². The molecule has 4 heteroatoms. The molecule has 0 aromatic heterocycles. The molecule has 1 aliphatic heterocycles. The fraction of sp³-hybridized carbons (Fsp3) is 0.364. The number of nitrogens with one attached hydrogen (secondary N) is 1. The Hall–Kier alpha value is -1.03. The molecule has 2 rings (SSSR count). The van der Waals surface area contributed by atoms with Gasteiger partial charge in [-0.1, -0.05) is 15.9 Å². The molecule has 1 unspecified atom stereocenters.